The van der Waals surface area contributed by atoms with E-state index in [0.717, 1.165) is 5.56 Å². The minimum Gasteiger partial charge on any atom is -0.320 e. The predicted molar refractivity (Wildman–Crippen MR) is 58.1 cm³/mol. The second-order valence-corrected chi connectivity index (χ2v) is 4.02. The Bertz CT molecular complexity index is 365. The van der Waals surface area contributed by atoms with Crippen LogP contribution in [0.2, 0.25) is 5.02 Å². The number of hydrogen-bond acceptors (Lipinski definition) is 3. The van der Waals surface area contributed by atoms with Crippen molar-refractivity contribution in [3.8, 4) is 0 Å². The Kier molecular flexibility index (Phi) is 2.90. The number of rotatable bonds is 1. The molecule has 0 bridgehead atoms. The largest absolute Gasteiger partial charge is 0.320 e. The Morgan fingerprint density at radius 1 is 1.33 bits per heavy atom. The van der Waals surface area contributed by atoms with E-state index in [9.17, 15) is 4.79 Å². The second kappa shape index (κ2) is 4.18. The van der Waals surface area contributed by atoms with E-state index in [-0.39, 0.29) is 11.9 Å². The molecule has 15 heavy (non-hydrogen) atoms. The molecule has 2 rings (SSSR count). The van der Waals surface area contributed by atoms with Gasteiger partial charge >= 0.3 is 0 Å². The van der Waals surface area contributed by atoms with Gasteiger partial charge in [0.15, 0.2) is 0 Å². The summed E-state index contributed by atoms with van der Waals surface area (Å²) in [7, 11) is 0. The van der Waals surface area contributed by atoms with Gasteiger partial charge < -0.3 is 5.73 Å². The fourth-order valence-electron chi connectivity index (χ4n) is 1.59. The van der Waals surface area contributed by atoms with Crippen LogP contribution in [0.1, 0.15) is 18.0 Å². The first-order chi connectivity index (χ1) is 7.16. The zero-order valence-electron chi connectivity index (χ0n) is 8.03. The standard InChI is InChI=1S/C10H12ClN3O/c11-7-3-1-6(2-4-7)9-5-8(12)10(15)14-13-9/h1-4,8-9,13H,5,12H2,(H,14,15). The van der Waals surface area contributed by atoms with Crippen LogP contribution in [0, 0.1) is 0 Å². The summed E-state index contributed by atoms with van der Waals surface area (Å²) < 4.78 is 0. The summed E-state index contributed by atoms with van der Waals surface area (Å²) >= 11 is 5.79. The number of hydrogen-bond donors (Lipinski definition) is 3. The van der Waals surface area contributed by atoms with Crippen LogP contribution in [0.5, 0.6) is 0 Å². The maximum absolute atomic E-state index is 11.1. The molecule has 2 atom stereocenters. The molecule has 1 aromatic carbocycles. The summed E-state index contributed by atoms with van der Waals surface area (Å²) in [6.45, 7) is 0. The lowest BCUT2D eigenvalue weighted by atomic mass is 9.98. The molecule has 2 unspecified atom stereocenters. The van der Waals surface area contributed by atoms with Crippen LogP contribution in [0.3, 0.4) is 0 Å². The van der Waals surface area contributed by atoms with Gasteiger partial charge in [-0.15, -0.1) is 0 Å². The van der Waals surface area contributed by atoms with Gasteiger partial charge in [-0.3, -0.25) is 10.2 Å². The van der Waals surface area contributed by atoms with E-state index in [1.54, 1.807) is 0 Å². The third-order valence-electron chi connectivity index (χ3n) is 2.47. The summed E-state index contributed by atoms with van der Waals surface area (Å²) in [5.74, 6) is -0.166. The van der Waals surface area contributed by atoms with E-state index in [4.69, 9.17) is 17.3 Å². The van der Waals surface area contributed by atoms with E-state index in [0.29, 0.717) is 11.4 Å². The molecule has 1 heterocycles. The van der Waals surface area contributed by atoms with Gasteiger partial charge in [0.1, 0.15) is 0 Å². The molecule has 4 N–H and O–H groups in total. The zero-order valence-corrected chi connectivity index (χ0v) is 8.79. The second-order valence-electron chi connectivity index (χ2n) is 3.58. The molecule has 1 aliphatic rings. The van der Waals surface area contributed by atoms with Crippen molar-refractivity contribution in [2.45, 2.75) is 18.5 Å². The number of hydrazine groups is 1. The highest BCUT2D eigenvalue weighted by Crippen LogP contribution is 2.21. The van der Waals surface area contributed by atoms with Crippen molar-refractivity contribution in [3.63, 3.8) is 0 Å². The Balaban J connectivity index is 2.12. The highest BCUT2D eigenvalue weighted by Gasteiger charge is 2.25. The van der Waals surface area contributed by atoms with Gasteiger partial charge in [0.2, 0.25) is 0 Å². The van der Waals surface area contributed by atoms with E-state index in [1.165, 1.54) is 0 Å². The van der Waals surface area contributed by atoms with Gasteiger partial charge in [-0.05, 0) is 24.1 Å². The molecule has 0 aliphatic carbocycles. The van der Waals surface area contributed by atoms with Crippen LogP contribution in [0.4, 0.5) is 0 Å². The first-order valence-corrected chi connectivity index (χ1v) is 5.11. The van der Waals surface area contributed by atoms with Gasteiger partial charge in [0.05, 0.1) is 12.1 Å². The molecule has 0 radical (unpaired) electrons. The molecule has 80 valence electrons. The molecule has 4 nitrogen and oxygen atoms in total. The van der Waals surface area contributed by atoms with Gasteiger partial charge in [-0.2, -0.15) is 0 Å². The minimum atomic E-state index is -0.452. The zero-order chi connectivity index (χ0) is 10.8. The number of halogens is 1. The van der Waals surface area contributed by atoms with Crippen LogP contribution in [-0.4, -0.2) is 11.9 Å². The van der Waals surface area contributed by atoms with Gasteiger partial charge in [-0.1, -0.05) is 23.7 Å². The smallest absolute Gasteiger partial charge is 0.251 e. The Labute approximate surface area is 92.8 Å². The van der Waals surface area contributed by atoms with Gasteiger partial charge in [-0.25, -0.2) is 5.43 Å². The molecular weight excluding hydrogens is 214 g/mol. The van der Waals surface area contributed by atoms with Crippen molar-refractivity contribution in [2.24, 2.45) is 5.73 Å². The molecule has 0 spiro atoms. The molecule has 1 fully saturated rings. The fourth-order valence-corrected chi connectivity index (χ4v) is 1.71. The average Bonchev–Trinajstić information content (AvgIpc) is 2.23. The number of carbonyl (C=O) groups excluding carboxylic acids is 1. The van der Waals surface area contributed by atoms with Crippen molar-refractivity contribution in [1.82, 2.24) is 10.9 Å². The van der Waals surface area contributed by atoms with Crippen molar-refractivity contribution in [2.75, 3.05) is 0 Å². The van der Waals surface area contributed by atoms with Crippen molar-refractivity contribution in [1.29, 1.82) is 0 Å². The van der Waals surface area contributed by atoms with Gasteiger partial charge in [0, 0.05) is 5.02 Å². The van der Waals surface area contributed by atoms with E-state index < -0.39 is 6.04 Å². The Morgan fingerprint density at radius 2 is 2.00 bits per heavy atom. The lowest BCUT2D eigenvalue weighted by Crippen LogP contribution is -2.55. The van der Waals surface area contributed by atoms with Crippen molar-refractivity contribution >= 4 is 17.5 Å². The Hall–Kier alpha value is -1.10. The van der Waals surface area contributed by atoms with Crippen LogP contribution in [-0.2, 0) is 4.79 Å². The summed E-state index contributed by atoms with van der Waals surface area (Å²) in [5, 5.41) is 0.697. The monoisotopic (exact) mass is 225 g/mol. The van der Waals surface area contributed by atoms with Crippen LogP contribution >= 0.6 is 11.6 Å². The summed E-state index contributed by atoms with van der Waals surface area (Å²) in [5.41, 5.74) is 12.2. The van der Waals surface area contributed by atoms with Crippen molar-refractivity contribution < 1.29 is 4.79 Å². The van der Waals surface area contributed by atoms with E-state index >= 15 is 0 Å². The number of amides is 1. The molecule has 1 aromatic rings. The molecule has 1 aliphatic heterocycles. The SMILES string of the molecule is NC1CC(c2ccc(Cl)cc2)NNC1=O. The van der Waals surface area contributed by atoms with Crippen LogP contribution < -0.4 is 16.6 Å². The highest BCUT2D eigenvalue weighted by atomic mass is 35.5. The molecule has 1 saturated heterocycles. The summed E-state index contributed by atoms with van der Waals surface area (Å²) in [4.78, 5) is 11.1. The summed E-state index contributed by atoms with van der Waals surface area (Å²) in [6, 6.07) is 7.08. The van der Waals surface area contributed by atoms with Crippen LogP contribution in [0.25, 0.3) is 0 Å². The maximum atomic E-state index is 11.1. The fraction of sp³-hybridized carbons (Fsp3) is 0.300. The number of benzene rings is 1. The molecule has 0 saturated carbocycles. The highest BCUT2D eigenvalue weighted by molar-refractivity contribution is 6.30. The predicted octanol–water partition coefficient (Wildman–Crippen LogP) is 0.733. The molecule has 1 amide bonds. The first-order valence-electron chi connectivity index (χ1n) is 4.73. The van der Waals surface area contributed by atoms with Gasteiger partial charge in [0.25, 0.3) is 5.91 Å². The third-order valence-corrected chi connectivity index (χ3v) is 2.72. The minimum absolute atomic E-state index is 0.0509. The van der Waals surface area contributed by atoms with E-state index in [2.05, 4.69) is 10.9 Å². The number of nitrogens with two attached hydrogens (primary N) is 1. The Morgan fingerprint density at radius 3 is 2.60 bits per heavy atom. The van der Waals surface area contributed by atoms with Crippen LogP contribution in [0.15, 0.2) is 24.3 Å². The lowest BCUT2D eigenvalue weighted by Gasteiger charge is -2.28. The molecular formula is C10H12ClN3O. The number of carbonyl (C=O) groups is 1. The normalized spacial score (nSPS) is 26.1. The number of nitrogens with one attached hydrogen (secondary N) is 2. The van der Waals surface area contributed by atoms with Crippen molar-refractivity contribution in [3.05, 3.63) is 34.9 Å². The molecule has 5 heteroatoms. The summed E-state index contributed by atoms with van der Waals surface area (Å²) in [6.07, 6.45) is 0.591. The van der Waals surface area contributed by atoms with E-state index in [1.807, 2.05) is 24.3 Å². The average molecular weight is 226 g/mol. The maximum Gasteiger partial charge on any atom is 0.251 e. The topological polar surface area (TPSA) is 67.2 Å². The molecule has 0 aromatic heterocycles. The third kappa shape index (κ3) is 2.28. The lowest BCUT2D eigenvalue weighted by molar-refractivity contribution is -0.125. The quantitative estimate of drug-likeness (QED) is 0.660. The first kappa shape index (κ1) is 10.4.